The van der Waals surface area contributed by atoms with Crippen LogP contribution in [0.1, 0.15) is 30.5 Å². The Kier molecular flexibility index (Phi) is 4.38. The van der Waals surface area contributed by atoms with Gasteiger partial charge < -0.3 is 0 Å². The number of hydrogen-bond donors (Lipinski definition) is 0. The Morgan fingerprint density at radius 1 is 0.893 bits per heavy atom. The van der Waals surface area contributed by atoms with Crippen molar-refractivity contribution in [2.75, 3.05) is 18.0 Å². The van der Waals surface area contributed by atoms with E-state index in [0.29, 0.717) is 5.69 Å². The fourth-order valence-corrected chi connectivity index (χ4v) is 5.17. The molecule has 28 heavy (non-hydrogen) atoms. The summed E-state index contributed by atoms with van der Waals surface area (Å²) in [6.45, 7) is 3.81. The van der Waals surface area contributed by atoms with Crippen molar-refractivity contribution in [3.8, 4) is 0 Å². The Morgan fingerprint density at radius 2 is 1.54 bits per heavy atom. The van der Waals surface area contributed by atoms with Crippen molar-refractivity contribution in [3.63, 3.8) is 0 Å². The minimum absolute atomic E-state index is 0.0819. The van der Waals surface area contributed by atoms with Crippen LogP contribution < -0.4 is 4.90 Å². The number of benzene rings is 2. The summed E-state index contributed by atoms with van der Waals surface area (Å²) in [7, 11) is 0. The van der Waals surface area contributed by atoms with Gasteiger partial charge in [-0.2, -0.15) is 0 Å². The molecular weight excluding hydrogens is 418 g/mol. The van der Waals surface area contributed by atoms with Crippen molar-refractivity contribution in [2.24, 2.45) is 5.92 Å². The van der Waals surface area contributed by atoms with Gasteiger partial charge >= 0.3 is 0 Å². The lowest BCUT2D eigenvalue weighted by Gasteiger charge is -2.29. The summed E-state index contributed by atoms with van der Waals surface area (Å²) in [6.07, 6.45) is 1.95. The Morgan fingerprint density at radius 3 is 2.18 bits per heavy atom. The van der Waals surface area contributed by atoms with Gasteiger partial charge in [0.15, 0.2) is 0 Å². The van der Waals surface area contributed by atoms with Crippen LogP contribution in [-0.4, -0.2) is 41.0 Å². The molecule has 0 aromatic heterocycles. The lowest BCUT2D eigenvalue weighted by molar-refractivity contribution is -0.126. The standard InChI is InChI=1S/C22H22BrN3O2/c1-2-14-4-10-17(11-5-14)26-21(27)18-19(15-6-8-16(23)9-7-15)24-12-3-13-25(24)20(18)22(26)28/h4-11,18-20H,2-3,12-13H2,1H3/t18-,19-,20+/m1/s1. The molecule has 0 saturated carbocycles. The number of halogens is 1. The largest absolute Gasteiger partial charge is 0.274 e. The van der Waals surface area contributed by atoms with Crippen LogP contribution in [0.4, 0.5) is 5.69 Å². The van der Waals surface area contributed by atoms with Crippen molar-refractivity contribution in [1.82, 2.24) is 10.0 Å². The minimum atomic E-state index is -0.394. The van der Waals surface area contributed by atoms with Gasteiger partial charge in [-0.1, -0.05) is 47.1 Å². The van der Waals surface area contributed by atoms with Crippen LogP contribution in [0.5, 0.6) is 0 Å². The van der Waals surface area contributed by atoms with Gasteiger partial charge in [-0.05, 0) is 48.2 Å². The van der Waals surface area contributed by atoms with Gasteiger partial charge in [0.05, 0.1) is 17.6 Å². The second-order valence-corrected chi connectivity index (χ2v) is 8.59. The van der Waals surface area contributed by atoms with Gasteiger partial charge in [0.25, 0.3) is 5.91 Å². The maximum atomic E-state index is 13.5. The number of nitrogens with zero attached hydrogens (tertiary/aromatic N) is 3. The SMILES string of the molecule is CCc1ccc(N2C(=O)[C@H]3[C@@H](C2=O)N2CCCN2[C@@H]3c2ccc(Br)cc2)cc1. The average molecular weight is 440 g/mol. The van der Waals surface area contributed by atoms with Gasteiger partial charge in [-0.15, -0.1) is 0 Å². The van der Waals surface area contributed by atoms with E-state index in [4.69, 9.17) is 0 Å². The van der Waals surface area contributed by atoms with Crippen molar-refractivity contribution in [3.05, 3.63) is 64.1 Å². The first-order chi connectivity index (χ1) is 13.6. The Balaban J connectivity index is 1.55. The third-order valence-corrected chi connectivity index (χ3v) is 6.75. The number of amides is 2. The molecule has 0 spiro atoms. The summed E-state index contributed by atoms with van der Waals surface area (Å²) >= 11 is 3.49. The normalized spacial score (nSPS) is 27.5. The van der Waals surface area contributed by atoms with E-state index < -0.39 is 6.04 Å². The second-order valence-electron chi connectivity index (χ2n) is 7.68. The topological polar surface area (TPSA) is 43.9 Å². The number of carbonyl (C=O) groups excluding carboxylic acids is 2. The third kappa shape index (κ3) is 2.59. The number of imide groups is 1. The lowest BCUT2D eigenvalue weighted by Crippen LogP contribution is -2.44. The van der Waals surface area contributed by atoms with Crippen molar-refractivity contribution >= 4 is 33.4 Å². The zero-order valence-corrected chi connectivity index (χ0v) is 17.3. The van der Waals surface area contributed by atoms with Gasteiger partial charge in [0.1, 0.15) is 6.04 Å². The van der Waals surface area contributed by atoms with E-state index >= 15 is 0 Å². The molecule has 144 valence electrons. The summed E-state index contributed by atoms with van der Waals surface area (Å²) < 4.78 is 1.01. The first kappa shape index (κ1) is 18.0. The summed E-state index contributed by atoms with van der Waals surface area (Å²) in [5.74, 6) is -0.535. The second kappa shape index (κ2) is 6.79. The molecule has 5 rings (SSSR count). The van der Waals surface area contributed by atoms with E-state index in [1.165, 1.54) is 10.5 Å². The molecule has 0 radical (unpaired) electrons. The van der Waals surface area contributed by atoms with E-state index in [1.54, 1.807) is 0 Å². The predicted octanol–water partition coefficient (Wildman–Crippen LogP) is 3.55. The van der Waals surface area contributed by atoms with Crippen LogP contribution in [0, 0.1) is 5.92 Å². The molecule has 0 bridgehead atoms. The molecule has 2 amide bonds. The lowest BCUT2D eigenvalue weighted by atomic mass is 9.90. The molecule has 5 nitrogen and oxygen atoms in total. The number of hydrogen-bond acceptors (Lipinski definition) is 4. The molecule has 0 unspecified atom stereocenters. The molecular formula is C22H22BrN3O2. The van der Waals surface area contributed by atoms with E-state index in [-0.39, 0.29) is 23.8 Å². The summed E-state index contributed by atoms with van der Waals surface area (Å²) in [5, 5.41) is 4.38. The van der Waals surface area contributed by atoms with Gasteiger partial charge in [0.2, 0.25) is 5.91 Å². The highest BCUT2D eigenvalue weighted by Gasteiger charge is 2.62. The highest BCUT2D eigenvalue weighted by molar-refractivity contribution is 9.10. The van der Waals surface area contributed by atoms with E-state index in [0.717, 1.165) is 36.0 Å². The first-order valence-electron chi connectivity index (χ1n) is 9.85. The highest BCUT2D eigenvalue weighted by Crippen LogP contribution is 2.48. The number of aryl methyl sites for hydroxylation is 1. The number of hydrazine groups is 1. The van der Waals surface area contributed by atoms with Crippen LogP contribution in [0.3, 0.4) is 0 Å². The number of anilines is 1. The number of fused-ring (bicyclic) bond motifs is 3. The maximum Gasteiger partial charge on any atom is 0.253 e. The van der Waals surface area contributed by atoms with Crippen LogP contribution in [-0.2, 0) is 16.0 Å². The highest BCUT2D eigenvalue weighted by atomic mass is 79.9. The van der Waals surface area contributed by atoms with Crippen molar-refractivity contribution in [1.29, 1.82) is 0 Å². The molecule has 2 aromatic carbocycles. The summed E-state index contributed by atoms with van der Waals surface area (Å²) in [4.78, 5) is 28.2. The summed E-state index contributed by atoms with van der Waals surface area (Å²) in [6, 6.07) is 15.4. The Bertz CT molecular complexity index is 928. The van der Waals surface area contributed by atoms with Gasteiger partial charge in [-0.25, -0.2) is 14.9 Å². The van der Waals surface area contributed by atoms with Crippen molar-refractivity contribution < 1.29 is 9.59 Å². The Hall–Kier alpha value is -2.02. The van der Waals surface area contributed by atoms with Gasteiger partial charge in [0, 0.05) is 17.6 Å². The summed E-state index contributed by atoms with van der Waals surface area (Å²) in [5.41, 5.74) is 2.97. The molecule has 0 N–H and O–H groups in total. The molecule has 3 aliphatic heterocycles. The molecule has 3 saturated heterocycles. The molecule has 3 aliphatic rings. The van der Waals surface area contributed by atoms with Gasteiger partial charge in [-0.3, -0.25) is 9.59 Å². The first-order valence-corrected chi connectivity index (χ1v) is 10.6. The zero-order chi connectivity index (χ0) is 19.4. The van der Waals surface area contributed by atoms with Crippen LogP contribution in [0.15, 0.2) is 53.0 Å². The Labute approximate surface area is 173 Å². The molecule has 3 heterocycles. The van der Waals surface area contributed by atoms with E-state index in [9.17, 15) is 9.59 Å². The molecule has 0 aliphatic carbocycles. The van der Waals surface area contributed by atoms with Crippen LogP contribution in [0.2, 0.25) is 0 Å². The number of carbonyl (C=O) groups is 2. The molecule has 2 aromatic rings. The fraction of sp³-hybridized carbons (Fsp3) is 0.364. The predicted molar refractivity (Wildman–Crippen MR) is 111 cm³/mol. The zero-order valence-electron chi connectivity index (χ0n) is 15.7. The molecule has 3 fully saturated rings. The quantitative estimate of drug-likeness (QED) is 0.685. The van der Waals surface area contributed by atoms with Crippen LogP contribution in [0.25, 0.3) is 0 Å². The fourth-order valence-electron chi connectivity index (χ4n) is 4.91. The molecule has 3 atom stereocenters. The molecule has 6 heteroatoms. The monoisotopic (exact) mass is 439 g/mol. The number of rotatable bonds is 3. The minimum Gasteiger partial charge on any atom is -0.274 e. The van der Waals surface area contributed by atoms with E-state index in [1.807, 2.05) is 36.4 Å². The smallest absolute Gasteiger partial charge is 0.253 e. The van der Waals surface area contributed by atoms with E-state index in [2.05, 4.69) is 45.0 Å². The average Bonchev–Trinajstić information content (AvgIpc) is 3.35. The maximum absolute atomic E-state index is 13.5. The van der Waals surface area contributed by atoms with Crippen LogP contribution >= 0.6 is 15.9 Å². The third-order valence-electron chi connectivity index (χ3n) is 6.22. The van der Waals surface area contributed by atoms with Crippen molar-refractivity contribution in [2.45, 2.75) is 31.8 Å².